The highest BCUT2D eigenvalue weighted by Gasteiger charge is 2.07. The summed E-state index contributed by atoms with van der Waals surface area (Å²) in [6.07, 6.45) is 3.21. The van der Waals surface area contributed by atoms with E-state index < -0.39 is 5.97 Å². The van der Waals surface area contributed by atoms with Gasteiger partial charge in [-0.1, -0.05) is 18.2 Å². The molecule has 0 aliphatic rings. The van der Waals surface area contributed by atoms with Gasteiger partial charge in [0.1, 0.15) is 12.3 Å². The minimum Gasteiger partial charge on any atom is -0.457 e. The quantitative estimate of drug-likeness (QED) is 0.376. The second-order valence-electron chi connectivity index (χ2n) is 2.72. The summed E-state index contributed by atoms with van der Waals surface area (Å²) in [4.78, 5) is 15.0. The molecule has 3 nitrogen and oxygen atoms in total. The fourth-order valence-corrected chi connectivity index (χ4v) is 0.697. The Morgan fingerprint density at radius 2 is 2.15 bits per heavy atom. The highest BCUT2D eigenvalue weighted by molar-refractivity contribution is 6.41. The summed E-state index contributed by atoms with van der Waals surface area (Å²) >= 11 is 0. The molecule has 0 rings (SSSR count). The first-order valence-corrected chi connectivity index (χ1v) is 4.01. The summed E-state index contributed by atoms with van der Waals surface area (Å²) < 4.78 is 4.81. The van der Waals surface area contributed by atoms with E-state index in [1.165, 1.54) is 6.08 Å². The lowest BCUT2D eigenvalue weighted by Crippen LogP contribution is -2.15. The summed E-state index contributed by atoms with van der Waals surface area (Å²) in [6.45, 7) is 7.45. The van der Waals surface area contributed by atoms with Gasteiger partial charge in [0.25, 0.3) is 0 Å². The second-order valence-corrected chi connectivity index (χ2v) is 2.72. The Kier molecular flexibility index (Phi) is 5.52. The lowest BCUT2D eigenvalue weighted by Gasteiger charge is -2.01. The maximum Gasteiger partial charge on any atom is 0.356 e. The van der Waals surface area contributed by atoms with E-state index in [9.17, 15) is 4.79 Å². The fraction of sp³-hybridized carbons (Fsp3) is 0.400. The molecule has 0 aliphatic heterocycles. The Labute approximate surface area is 78.8 Å². The molecule has 0 N–H and O–H groups in total. The molecule has 0 aromatic heterocycles. The number of ether oxygens (including phenoxy) is 1. The lowest BCUT2D eigenvalue weighted by molar-refractivity contribution is -0.134. The number of nitrogens with zero attached hydrogens (tertiary/aromatic N) is 1. The van der Waals surface area contributed by atoms with Gasteiger partial charge in [0, 0.05) is 7.05 Å². The van der Waals surface area contributed by atoms with Crippen LogP contribution in [0.25, 0.3) is 0 Å². The van der Waals surface area contributed by atoms with Crippen LogP contribution in [0.5, 0.6) is 0 Å². The van der Waals surface area contributed by atoms with Crippen LogP contribution in [0.1, 0.15) is 13.8 Å². The van der Waals surface area contributed by atoms with Crippen LogP contribution in [0, 0.1) is 0 Å². The van der Waals surface area contributed by atoms with E-state index >= 15 is 0 Å². The van der Waals surface area contributed by atoms with Gasteiger partial charge in [-0.2, -0.15) is 0 Å². The summed E-state index contributed by atoms with van der Waals surface area (Å²) in [6, 6.07) is 0. The van der Waals surface area contributed by atoms with Gasteiger partial charge < -0.3 is 4.74 Å². The van der Waals surface area contributed by atoms with Crippen LogP contribution >= 0.6 is 0 Å². The van der Waals surface area contributed by atoms with E-state index in [-0.39, 0.29) is 6.61 Å². The van der Waals surface area contributed by atoms with E-state index in [0.29, 0.717) is 5.71 Å². The van der Waals surface area contributed by atoms with Crippen molar-refractivity contribution in [3.05, 3.63) is 24.3 Å². The fourth-order valence-electron chi connectivity index (χ4n) is 0.697. The molecule has 0 aromatic rings. The number of hydrogen-bond donors (Lipinski definition) is 0. The average molecular weight is 181 g/mol. The minimum atomic E-state index is -0.413. The van der Waals surface area contributed by atoms with Crippen LogP contribution in [0.2, 0.25) is 0 Å². The van der Waals surface area contributed by atoms with Gasteiger partial charge in [0.2, 0.25) is 0 Å². The number of aliphatic imine (C=N–C) groups is 1. The number of hydrogen-bond acceptors (Lipinski definition) is 3. The molecule has 0 atom stereocenters. The zero-order valence-electron chi connectivity index (χ0n) is 8.33. The van der Waals surface area contributed by atoms with Gasteiger partial charge in [-0.05, 0) is 19.9 Å². The standard InChI is InChI=1S/C10H15NO2/c1-5-6-13-10(12)9(11-4)7-8(2)3/h5,7H,1,6H2,2-4H3. The van der Waals surface area contributed by atoms with E-state index in [2.05, 4.69) is 11.6 Å². The molecule has 0 heterocycles. The Balaban J connectivity index is 4.35. The highest BCUT2D eigenvalue weighted by atomic mass is 16.5. The molecule has 0 amide bonds. The second kappa shape index (κ2) is 6.17. The van der Waals surface area contributed by atoms with Crippen molar-refractivity contribution in [1.82, 2.24) is 0 Å². The van der Waals surface area contributed by atoms with Gasteiger partial charge in [0.15, 0.2) is 0 Å². The predicted octanol–water partition coefficient (Wildman–Crippen LogP) is 1.75. The highest BCUT2D eigenvalue weighted by Crippen LogP contribution is 1.94. The van der Waals surface area contributed by atoms with Gasteiger partial charge in [0.05, 0.1) is 0 Å². The summed E-state index contributed by atoms with van der Waals surface area (Å²) in [5.41, 5.74) is 1.35. The number of carbonyl (C=O) groups excluding carboxylic acids is 1. The monoisotopic (exact) mass is 181 g/mol. The summed E-state index contributed by atoms with van der Waals surface area (Å²) in [7, 11) is 1.56. The van der Waals surface area contributed by atoms with Gasteiger partial charge >= 0.3 is 5.97 Å². The third kappa shape index (κ3) is 4.95. The van der Waals surface area contributed by atoms with Crippen LogP contribution in [0.15, 0.2) is 29.3 Å². The van der Waals surface area contributed by atoms with E-state index in [0.717, 1.165) is 5.57 Å². The van der Waals surface area contributed by atoms with E-state index in [1.54, 1.807) is 13.1 Å². The van der Waals surface area contributed by atoms with Crippen LogP contribution < -0.4 is 0 Å². The van der Waals surface area contributed by atoms with Crippen LogP contribution in [0.4, 0.5) is 0 Å². The topological polar surface area (TPSA) is 38.7 Å². The van der Waals surface area contributed by atoms with Crippen molar-refractivity contribution in [1.29, 1.82) is 0 Å². The molecule has 3 heteroatoms. The Bertz CT molecular complexity index is 248. The Hall–Kier alpha value is -1.38. The number of carbonyl (C=O) groups is 1. The Morgan fingerprint density at radius 1 is 1.54 bits per heavy atom. The molecule has 0 bridgehead atoms. The predicted molar refractivity (Wildman–Crippen MR) is 53.9 cm³/mol. The van der Waals surface area contributed by atoms with Crippen molar-refractivity contribution in [3.8, 4) is 0 Å². The Morgan fingerprint density at radius 3 is 2.54 bits per heavy atom. The molecule has 0 radical (unpaired) electrons. The molecule has 0 aliphatic carbocycles. The molecule has 72 valence electrons. The summed E-state index contributed by atoms with van der Waals surface area (Å²) in [5, 5.41) is 0. The van der Waals surface area contributed by atoms with Crippen molar-refractivity contribution >= 4 is 11.7 Å². The average Bonchev–Trinajstić information content (AvgIpc) is 2.09. The number of esters is 1. The lowest BCUT2D eigenvalue weighted by atomic mass is 10.2. The van der Waals surface area contributed by atoms with Crippen LogP contribution in [0.3, 0.4) is 0 Å². The van der Waals surface area contributed by atoms with Crippen molar-refractivity contribution < 1.29 is 9.53 Å². The first-order chi connectivity index (χ1) is 6.11. The SMILES string of the molecule is C=CCOC(=O)C(C=C(C)C)=NC. The first-order valence-electron chi connectivity index (χ1n) is 4.01. The maximum atomic E-state index is 11.2. The molecular weight excluding hydrogens is 166 g/mol. The summed E-state index contributed by atoms with van der Waals surface area (Å²) in [5.74, 6) is -0.413. The molecule has 0 saturated heterocycles. The molecule has 0 spiro atoms. The first kappa shape index (κ1) is 11.6. The van der Waals surface area contributed by atoms with Crippen molar-refractivity contribution in [2.24, 2.45) is 4.99 Å². The zero-order chi connectivity index (χ0) is 10.3. The van der Waals surface area contributed by atoms with E-state index in [4.69, 9.17) is 4.74 Å². The third-order valence-electron chi connectivity index (χ3n) is 1.21. The van der Waals surface area contributed by atoms with Gasteiger partial charge in [-0.3, -0.25) is 4.99 Å². The maximum absolute atomic E-state index is 11.2. The molecule has 0 fully saturated rings. The van der Waals surface area contributed by atoms with E-state index in [1.807, 2.05) is 13.8 Å². The molecule has 0 unspecified atom stereocenters. The number of rotatable bonds is 4. The third-order valence-corrected chi connectivity index (χ3v) is 1.21. The zero-order valence-corrected chi connectivity index (χ0v) is 8.33. The smallest absolute Gasteiger partial charge is 0.356 e. The van der Waals surface area contributed by atoms with Crippen molar-refractivity contribution in [3.63, 3.8) is 0 Å². The molecule has 0 saturated carbocycles. The molecule has 13 heavy (non-hydrogen) atoms. The molecular formula is C10H15NO2. The largest absolute Gasteiger partial charge is 0.457 e. The van der Waals surface area contributed by atoms with Crippen molar-refractivity contribution in [2.75, 3.05) is 13.7 Å². The van der Waals surface area contributed by atoms with Gasteiger partial charge in [-0.25, -0.2) is 4.79 Å². The minimum absolute atomic E-state index is 0.217. The van der Waals surface area contributed by atoms with Crippen LogP contribution in [-0.4, -0.2) is 25.3 Å². The molecule has 0 aromatic carbocycles. The number of allylic oxidation sites excluding steroid dienone is 1. The van der Waals surface area contributed by atoms with Crippen molar-refractivity contribution in [2.45, 2.75) is 13.8 Å². The van der Waals surface area contributed by atoms with Crippen LogP contribution in [-0.2, 0) is 9.53 Å². The normalized spacial score (nSPS) is 10.5. The van der Waals surface area contributed by atoms with Gasteiger partial charge in [-0.15, -0.1) is 0 Å².